The first kappa shape index (κ1) is 18.8. The maximum absolute atomic E-state index is 10.1. The minimum atomic E-state index is -1.56. The summed E-state index contributed by atoms with van der Waals surface area (Å²) in [6.07, 6.45) is 0. The van der Waals surface area contributed by atoms with Gasteiger partial charge in [0.05, 0.1) is 33.5 Å². The second kappa shape index (κ2) is 6.02. The number of benzene rings is 1. The molecule has 1 aliphatic heterocycles. The highest BCUT2D eigenvalue weighted by atomic mass is 16.7. The fourth-order valence-electron chi connectivity index (χ4n) is 4.38. The normalized spacial score (nSPS) is 29.7. The molecule has 1 aromatic rings. The van der Waals surface area contributed by atoms with Crippen molar-refractivity contribution in [3.63, 3.8) is 0 Å². The van der Waals surface area contributed by atoms with E-state index >= 15 is 0 Å². The first-order valence-corrected chi connectivity index (χ1v) is 8.07. The molecule has 0 radical (unpaired) electrons. The van der Waals surface area contributed by atoms with Gasteiger partial charge < -0.3 is 23.7 Å². The van der Waals surface area contributed by atoms with Crippen molar-refractivity contribution in [3.8, 4) is 29.4 Å². The third-order valence-electron chi connectivity index (χ3n) is 5.60. The summed E-state index contributed by atoms with van der Waals surface area (Å²) in [6, 6.07) is 7.84. The Morgan fingerprint density at radius 3 is 1.89 bits per heavy atom. The Morgan fingerprint density at radius 2 is 1.52 bits per heavy atom. The molecule has 142 valence electrons. The highest BCUT2D eigenvalue weighted by Gasteiger charge is 2.97. The number of ether oxygens (including phenoxy) is 5. The van der Waals surface area contributed by atoms with Gasteiger partial charge in [-0.2, -0.15) is 10.5 Å². The SMILES string of the molecule is COc1cc([C@H]2[C@]3(C#N)C(N)=[NH+]C(OC)(OC)[C@]23C#N)cc(OC)c1OC. The van der Waals surface area contributed by atoms with Crippen LogP contribution in [0.15, 0.2) is 12.1 Å². The largest absolute Gasteiger partial charge is 0.493 e. The Kier molecular flexibility index (Phi) is 4.18. The highest BCUT2D eigenvalue weighted by Crippen LogP contribution is 2.78. The fraction of sp³-hybridized carbons (Fsp3) is 0.500. The number of nitrogens with one attached hydrogen (secondary N) is 1. The molecule has 1 aliphatic carbocycles. The number of hydrogen-bond acceptors (Lipinski definition) is 8. The summed E-state index contributed by atoms with van der Waals surface area (Å²) in [4.78, 5) is 2.85. The highest BCUT2D eigenvalue weighted by molar-refractivity contribution is 5.95. The third-order valence-corrected chi connectivity index (χ3v) is 5.60. The Labute approximate surface area is 156 Å². The molecule has 27 heavy (non-hydrogen) atoms. The molecule has 3 N–H and O–H groups in total. The van der Waals surface area contributed by atoms with E-state index in [1.165, 1.54) is 35.5 Å². The Morgan fingerprint density at radius 1 is 0.963 bits per heavy atom. The van der Waals surface area contributed by atoms with Gasteiger partial charge in [0.15, 0.2) is 22.3 Å². The van der Waals surface area contributed by atoms with Crippen molar-refractivity contribution in [3.05, 3.63) is 17.7 Å². The molecule has 3 rings (SSSR count). The quantitative estimate of drug-likeness (QED) is 0.621. The van der Waals surface area contributed by atoms with Crippen LogP contribution in [0.1, 0.15) is 11.5 Å². The number of fused-ring (bicyclic) bond motifs is 1. The standard InChI is InChI=1S/C18H20N4O5/c1-23-11-6-10(7-12(24-2)13(11)25-3)14-16(8-19)15(21)22-18(26-4,27-5)17(14,16)9-20/h6-7,14H,1-5H3,(H2,21,22)/p+1/t14-,16+,17+/m0/s1. The lowest BCUT2D eigenvalue weighted by Crippen LogP contribution is -2.90. The Balaban J connectivity index is 2.27. The average molecular weight is 373 g/mol. The van der Waals surface area contributed by atoms with Crippen LogP contribution in [-0.4, -0.2) is 47.3 Å². The Bertz CT molecular complexity index is 873. The zero-order valence-electron chi connectivity index (χ0n) is 15.7. The summed E-state index contributed by atoms with van der Waals surface area (Å²) in [5.74, 6) is -0.850. The van der Waals surface area contributed by atoms with Gasteiger partial charge in [-0.25, -0.2) is 4.99 Å². The summed E-state index contributed by atoms with van der Waals surface area (Å²) in [5, 5.41) is 20.1. The van der Waals surface area contributed by atoms with E-state index in [9.17, 15) is 10.5 Å². The van der Waals surface area contributed by atoms with Crippen LogP contribution in [-0.2, 0) is 9.47 Å². The number of methoxy groups -OCH3 is 5. The predicted octanol–water partition coefficient (Wildman–Crippen LogP) is -0.772. The van der Waals surface area contributed by atoms with Crippen LogP contribution < -0.4 is 24.9 Å². The lowest BCUT2D eigenvalue weighted by Gasteiger charge is -2.27. The molecule has 1 aromatic carbocycles. The van der Waals surface area contributed by atoms with E-state index in [0.29, 0.717) is 22.8 Å². The van der Waals surface area contributed by atoms with Gasteiger partial charge in [0.1, 0.15) is 0 Å². The maximum Gasteiger partial charge on any atom is 0.342 e. The average Bonchev–Trinajstić information content (AvgIpc) is 3.28. The molecular formula is C18H21N4O5+. The van der Waals surface area contributed by atoms with Gasteiger partial charge in [0.2, 0.25) is 5.75 Å². The second-order valence-electron chi connectivity index (χ2n) is 6.29. The van der Waals surface area contributed by atoms with Crippen molar-refractivity contribution < 1.29 is 28.7 Å². The molecule has 0 aromatic heterocycles. The lowest BCUT2D eigenvalue weighted by molar-refractivity contribution is -0.687. The fourth-order valence-corrected chi connectivity index (χ4v) is 4.38. The molecule has 2 aliphatic rings. The topological polar surface area (TPSA) is 134 Å². The molecule has 9 heteroatoms. The monoisotopic (exact) mass is 373 g/mol. The summed E-state index contributed by atoms with van der Waals surface area (Å²) in [7, 11) is 7.26. The van der Waals surface area contributed by atoms with E-state index < -0.39 is 22.7 Å². The summed E-state index contributed by atoms with van der Waals surface area (Å²) >= 11 is 0. The molecular weight excluding hydrogens is 352 g/mol. The summed E-state index contributed by atoms with van der Waals surface area (Å²) in [5.41, 5.74) is 4.05. The molecule has 0 unspecified atom stereocenters. The Hall–Kier alpha value is -3.01. The van der Waals surface area contributed by atoms with Crippen molar-refractivity contribution in [1.29, 1.82) is 10.5 Å². The molecule has 1 fully saturated rings. The molecule has 1 heterocycles. The van der Waals surface area contributed by atoms with Crippen molar-refractivity contribution in [2.45, 2.75) is 11.8 Å². The molecule has 1 saturated carbocycles. The van der Waals surface area contributed by atoms with Crippen molar-refractivity contribution in [1.82, 2.24) is 0 Å². The van der Waals surface area contributed by atoms with Crippen LogP contribution in [0.25, 0.3) is 0 Å². The van der Waals surface area contributed by atoms with E-state index in [-0.39, 0.29) is 5.84 Å². The van der Waals surface area contributed by atoms with Gasteiger partial charge in [-0.3, -0.25) is 5.73 Å². The third kappa shape index (κ3) is 1.85. The van der Waals surface area contributed by atoms with Crippen molar-refractivity contribution in [2.75, 3.05) is 35.5 Å². The molecule has 0 spiro atoms. The van der Waals surface area contributed by atoms with E-state index in [0.717, 1.165) is 0 Å². The van der Waals surface area contributed by atoms with Gasteiger partial charge in [0.25, 0.3) is 5.84 Å². The van der Waals surface area contributed by atoms with Crippen LogP contribution in [0.4, 0.5) is 0 Å². The van der Waals surface area contributed by atoms with Gasteiger partial charge in [0, 0.05) is 20.1 Å². The van der Waals surface area contributed by atoms with Gasteiger partial charge in [-0.05, 0) is 17.7 Å². The first-order valence-electron chi connectivity index (χ1n) is 8.07. The summed E-state index contributed by atoms with van der Waals surface area (Å²) < 4.78 is 27.2. The predicted molar refractivity (Wildman–Crippen MR) is 91.8 cm³/mol. The molecule has 0 bridgehead atoms. The number of nitriles is 2. The van der Waals surface area contributed by atoms with E-state index in [4.69, 9.17) is 29.4 Å². The van der Waals surface area contributed by atoms with E-state index in [1.807, 2.05) is 0 Å². The molecule has 0 amide bonds. The number of nitrogens with two attached hydrogens (primary N) is 1. The summed E-state index contributed by atoms with van der Waals surface area (Å²) in [6.45, 7) is 0. The van der Waals surface area contributed by atoms with Crippen LogP contribution in [0.2, 0.25) is 0 Å². The number of amidine groups is 1. The smallest absolute Gasteiger partial charge is 0.342 e. The minimum Gasteiger partial charge on any atom is -0.493 e. The minimum absolute atomic E-state index is 0.119. The first-order chi connectivity index (χ1) is 12.9. The molecule has 0 saturated heterocycles. The lowest BCUT2D eigenvalue weighted by atomic mass is 9.93. The van der Waals surface area contributed by atoms with Gasteiger partial charge in [-0.1, -0.05) is 0 Å². The van der Waals surface area contributed by atoms with Crippen LogP contribution in [0.3, 0.4) is 0 Å². The van der Waals surface area contributed by atoms with E-state index in [1.54, 1.807) is 12.1 Å². The number of nitrogens with zero attached hydrogens (tertiary/aromatic N) is 2. The van der Waals surface area contributed by atoms with Gasteiger partial charge >= 0.3 is 5.91 Å². The molecule has 9 nitrogen and oxygen atoms in total. The van der Waals surface area contributed by atoms with Crippen molar-refractivity contribution >= 4 is 5.84 Å². The maximum atomic E-state index is 10.1. The van der Waals surface area contributed by atoms with Crippen LogP contribution in [0.5, 0.6) is 17.2 Å². The molecule has 3 atom stereocenters. The zero-order valence-corrected chi connectivity index (χ0v) is 15.7. The van der Waals surface area contributed by atoms with Crippen LogP contribution >= 0.6 is 0 Å². The number of hydrogen-bond donors (Lipinski definition) is 2. The second-order valence-corrected chi connectivity index (χ2v) is 6.29. The zero-order chi connectivity index (χ0) is 20.0. The van der Waals surface area contributed by atoms with E-state index in [2.05, 4.69) is 17.1 Å². The van der Waals surface area contributed by atoms with Crippen molar-refractivity contribution in [2.24, 2.45) is 16.6 Å². The van der Waals surface area contributed by atoms with Crippen LogP contribution in [0, 0.1) is 33.5 Å². The van der Waals surface area contributed by atoms with Gasteiger partial charge in [-0.15, -0.1) is 0 Å². The number of rotatable bonds is 6.